The van der Waals surface area contributed by atoms with Gasteiger partial charge in [0, 0.05) is 5.02 Å². The maximum atomic E-state index is 13.0. The summed E-state index contributed by atoms with van der Waals surface area (Å²) in [4.78, 5) is 0. The first-order valence-electron chi connectivity index (χ1n) is 4.19. The Morgan fingerprint density at radius 3 is 2.69 bits per heavy atom. The number of aliphatic hydroxyl groups excluding tert-OH is 1. The van der Waals surface area contributed by atoms with Crippen molar-refractivity contribution in [2.75, 3.05) is 0 Å². The van der Waals surface area contributed by atoms with Crippen LogP contribution in [0, 0.1) is 12.7 Å². The van der Waals surface area contributed by atoms with Crippen molar-refractivity contribution < 1.29 is 9.50 Å². The molecule has 0 heterocycles. The number of hydrogen-bond acceptors (Lipinski definition) is 1. The maximum absolute atomic E-state index is 13.0. The van der Waals surface area contributed by atoms with Gasteiger partial charge in [-0.05, 0) is 36.6 Å². The Kier molecular flexibility index (Phi) is 3.28. The lowest BCUT2D eigenvalue weighted by Gasteiger charge is -2.11. The number of rotatable bonds is 2. The molecule has 72 valence electrons. The van der Waals surface area contributed by atoms with Gasteiger partial charge in [0.15, 0.2) is 0 Å². The first kappa shape index (κ1) is 10.5. The summed E-state index contributed by atoms with van der Waals surface area (Å²) in [6, 6.07) is 2.83. The van der Waals surface area contributed by atoms with Crippen LogP contribution in [-0.2, 0) is 0 Å². The van der Waals surface area contributed by atoms with Gasteiger partial charge in [0.1, 0.15) is 5.82 Å². The Hall–Kier alpha value is -0.600. The van der Waals surface area contributed by atoms with E-state index in [4.69, 9.17) is 11.6 Å². The predicted molar refractivity (Wildman–Crippen MR) is 51.4 cm³/mol. The minimum Gasteiger partial charge on any atom is -0.388 e. The van der Waals surface area contributed by atoms with Crippen LogP contribution in [0.3, 0.4) is 0 Å². The first-order valence-corrected chi connectivity index (χ1v) is 4.57. The standard InChI is InChI=1S/C10H12ClFO/c1-3-10(13)7-4-6(2)9(12)5-8(7)11/h4-5,10,13H,3H2,1-2H3/t10-/m0/s1. The van der Waals surface area contributed by atoms with Gasteiger partial charge in [0.05, 0.1) is 6.10 Å². The lowest BCUT2D eigenvalue weighted by atomic mass is 10.0. The molecule has 0 amide bonds. The molecule has 0 aliphatic rings. The first-order chi connectivity index (χ1) is 6.06. The normalized spacial score (nSPS) is 13.0. The molecule has 0 aliphatic carbocycles. The highest BCUT2D eigenvalue weighted by Gasteiger charge is 2.11. The third-order valence-corrected chi connectivity index (χ3v) is 2.35. The zero-order chi connectivity index (χ0) is 10.0. The molecular formula is C10H12ClFO. The van der Waals surface area contributed by atoms with Crippen molar-refractivity contribution in [2.45, 2.75) is 26.4 Å². The second kappa shape index (κ2) is 4.07. The number of aliphatic hydroxyl groups is 1. The van der Waals surface area contributed by atoms with Crippen LogP contribution in [0.1, 0.15) is 30.6 Å². The van der Waals surface area contributed by atoms with Gasteiger partial charge in [0.2, 0.25) is 0 Å². The van der Waals surface area contributed by atoms with Crippen LogP contribution < -0.4 is 0 Å². The Labute approximate surface area is 82.2 Å². The molecule has 0 saturated heterocycles. The average Bonchev–Trinajstić information content (AvgIpc) is 2.10. The van der Waals surface area contributed by atoms with Crippen molar-refractivity contribution in [1.82, 2.24) is 0 Å². The molecule has 1 aromatic carbocycles. The van der Waals surface area contributed by atoms with Crippen LogP contribution in [-0.4, -0.2) is 5.11 Å². The summed E-state index contributed by atoms with van der Waals surface area (Å²) in [6.45, 7) is 3.50. The van der Waals surface area contributed by atoms with Crippen LogP contribution in [0.4, 0.5) is 4.39 Å². The quantitative estimate of drug-likeness (QED) is 0.781. The van der Waals surface area contributed by atoms with Crippen molar-refractivity contribution in [3.05, 3.63) is 34.1 Å². The van der Waals surface area contributed by atoms with Crippen molar-refractivity contribution >= 4 is 11.6 Å². The molecule has 1 rings (SSSR count). The fraction of sp³-hybridized carbons (Fsp3) is 0.400. The van der Waals surface area contributed by atoms with E-state index in [9.17, 15) is 9.50 Å². The number of aryl methyl sites for hydroxylation is 1. The second-order valence-corrected chi connectivity index (χ2v) is 3.45. The maximum Gasteiger partial charge on any atom is 0.127 e. The van der Waals surface area contributed by atoms with Crippen molar-refractivity contribution in [3.8, 4) is 0 Å². The molecule has 0 spiro atoms. The minimum absolute atomic E-state index is 0.289. The van der Waals surface area contributed by atoms with Crippen molar-refractivity contribution in [2.24, 2.45) is 0 Å². The van der Waals surface area contributed by atoms with Crippen LogP contribution in [0.2, 0.25) is 5.02 Å². The van der Waals surface area contributed by atoms with E-state index < -0.39 is 6.10 Å². The van der Waals surface area contributed by atoms with Gasteiger partial charge in [-0.25, -0.2) is 4.39 Å². The molecule has 1 N–H and O–H groups in total. The Balaban J connectivity index is 3.15. The summed E-state index contributed by atoms with van der Waals surface area (Å²) in [5.41, 5.74) is 1.11. The molecule has 0 saturated carbocycles. The smallest absolute Gasteiger partial charge is 0.127 e. The highest BCUT2D eigenvalue weighted by Crippen LogP contribution is 2.27. The van der Waals surface area contributed by atoms with Crippen LogP contribution in [0.15, 0.2) is 12.1 Å². The zero-order valence-electron chi connectivity index (χ0n) is 7.64. The van der Waals surface area contributed by atoms with E-state index in [2.05, 4.69) is 0 Å². The van der Waals surface area contributed by atoms with Crippen LogP contribution in [0.25, 0.3) is 0 Å². The molecule has 0 aliphatic heterocycles. The number of hydrogen-bond donors (Lipinski definition) is 1. The minimum atomic E-state index is -0.605. The fourth-order valence-electron chi connectivity index (χ4n) is 1.15. The molecule has 0 unspecified atom stereocenters. The van der Waals surface area contributed by atoms with E-state index in [0.29, 0.717) is 17.5 Å². The zero-order valence-corrected chi connectivity index (χ0v) is 8.40. The summed E-state index contributed by atoms with van der Waals surface area (Å²) in [5, 5.41) is 9.81. The Bertz CT molecular complexity index is 312. The van der Waals surface area contributed by atoms with Gasteiger partial charge in [-0.3, -0.25) is 0 Å². The van der Waals surface area contributed by atoms with Crippen molar-refractivity contribution in [1.29, 1.82) is 0 Å². The lowest BCUT2D eigenvalue weighted by molar-refractivity contribution is 0.173. The summed E-state index contributed by atoms with van der Waals surface area (Å²) in [5.74, 6) is -0.336. The van der Waals surface area contributed by atoms with Gasteiger partial charge in [0.25, 0.3) is 0 Å². The Morgan fingerprint density at radius 1 is 1.54 bits per heavy atom. The van der Waals surface area contributed by atoms with Gasteiger partial charge in [-0.1, -0.05) is 18.5 Å². The molecule has 0 radical (unpaired) electrons. The fourth-order valence-corrected chi connectivity index (χ4v) is 1.43. The van der Waals surface area contributed by atoms with Gasteiger partial charge in [-0.15, -0.1) is 0 Å². The number of halogens is 2. The van der Waals surface area contributed by atoms with E-state index in [1.54, 1.807) is 13.0 Å². The average molecular weight is 203 g/mol. The highest BCUT2D eigenvalue weighted by molar-refractivity contribution is 6.31. The number of benzene rings is 1. The molecule has 1 nitrogen and oxygen atoms in total. The topological polar surface area (TPSA) is 20.2 Å². The Morgan fingerprint density at radius 2 is 2.15 bits per heavy atom. The van der Waals surface area contributed by atoms with E-state index in [0.717, 1.165) is 0 Å². The van der Waals surface area contributed by atoms with E-state index in [-0.39, 0.29) is 10.8 Å². The molecule has 3 heteroatoms. The SMILES string of the molecule is CC[C@H](O)c1cc(C)c(F)cc1Cl. The molecule has 0 aromatic heterocycles. The van der Waals surface area contributed by atoms with Crippen LogP contribution >= 0.6 is 11.6 Å². The van der Waals surface area contributed by atoms with E-state index in [1.165, 1.54) is 6.07 Å². The highest BCUT2D eigenvalue weighted by atomic mass is 35.5. The molecule has 13 heavy (non-hydrogen) atoms. The summed E-state index contributed by atoms with van der Waals surface area (Å²) in [6.07, 6.45) is -0.0306. The molecule has 0 fully saturated rings. The van der Waals surface area contributed by atoms with Gasteiger partial charge in [-0.2, -0.15) is 0 Å². The largest absolute Gasteiger partial charge is 0.388 e. The van der Waals surface area contributed by atoms with E-state index >= 15 is 0 Å². The van der Waals surface area contributed by atoms with Gasteiger partial charge < -0.3 is 5.11 Å². The molecule has 1 aromatic rings. The lowest BCUT2D eigenvalue weighted by Crippen LogP contribution is -1.98. The third kappa shape index (κ3) is 2.20. The molecular weight excluding hydrogens is 191 g/mol. The molecule has 0 bridgehead atoms. The monoisotopic (exact) mass is 202 g/mol. The van der Waals surface area contributed by atoms with Crippen molar-refractivity contribution in [3.63, 3.8) is 0 Å². The summed E-state index contributed by atoms with van der Waals surface area (Å²) in [7, 11) is 0. The molecule has 1 atom stereocenters. The van der Waals surface area contributed by atoms with Gasteiger partial charge >= 0.3 is 0 Å². The second-order valence-electron chi connectivity index (χ2n) is 3.05. The third-order valence-electron chi connectivity index (χ3n) is 2.02. The summed E-state index contributed by atoms with van der Waals surface area (Å²) >= 11 is 5.78. The van der Waals surface area contributed by atoms with Crippen LogP contribution in [0.5, 0.6) is 0 Å². The summed E-state index contributed by atoms with van der Waals surface area (Å²) < 4.78 is 13.0. The predicted octanol–water partition coefficient (Wildman–Crippen LogP) is 3.23. The van der Waals surface area contributed by atoms with E-state index in [1.807, 2.05) is 6.92 Å².